The summed E-state index contributed by atoms with van der Waals surface area (Å²) in [6, 6.07) is 16.3. The summed E-state index contributed by atoms with van der Waals surface area (Å²) in [5, 5.41) is 12.1. The Balaban J connectivity index is 1.40. The quantitative estimate of drug-likeness (QED) is 0.747. The first-order chi connectivity index (χ1) is 14.7. The number of nitrogens with zero attached hydrogens (tertiary/aromatic N) is 2. The smallest absolute Gasteiger partial charge is 0.251 e. The third-order valence-electron chi connectivity index (χ3n) is 6.11. The van der Waals surface area contributed by atoms with E-state index in [2.05, 4.69) is 16.3 Å². The topological polar surface area (TPSA) is 65.4 Å². The number of ether oxygens (including phenoxy) is 1. The van der Waals surface area contributed by atoms with Crippen molar-refractivity contribution in [2.75, 3.05) is 31.1 Å². The Kier molecular flexibility index (Phi) is 6.61. The van der Waals surface area contributed by atoms with Gasteiger partial charge in [-0.2, -0.15) is 17.0 Å². The number of amides is 1. The highest BCUT2D eigenvalue weighted by Gasteiger charge is 2.40. The maximum absolute atomic E-state index is 12.9. The second kappa shape index (κ2) is 9.55. The van der Waals surface area contributed by atoms with Crippen LogP contribution in [0.25, 0.3) is 0 Å². The number of carbonyl (C=O) groups is 1. The van der Waals surface area contributed by atoms with Crippen LogP contribution in [0.2, 0.25) is 0 Å². The predicted molar refractivity (Wildman–Crippen MR) is 120 cm³/mol. The van der Waals surface area contributed by atoms with Gasteiger partial charge in [-0.3, -0.25) is 9.69 Å². The summed E-state index contributed by atoms with van der Waals surface area (Å²) in [6.07, 6.45) is 4.82. The van der Waals surface area contributed by atoms with Gasteiger partial charge in [0.05, 0.1) is 11.6 Å². The summed E-state index contributed by atoms with van der Waals surface area (Å²) in [6.45, 7) is 2.94. The van der Waals surface area contributed by atoms with Crippen LogP contribution in [0.3, 0.4) is 0 Å². The van der Waals surface area contributed by atoms with Crippen LogP contribution in [-0.4, -0.2) is 47.5 Å². The third-order valence-corrected chi connectivity index (χ3v) is 7.05. The van der Waals surface area contributed by atoms with E-state index in [0.717, 1.165) is 13.1 Å². The Morgan fingerprint density at radius 1 is 1.10 bits per heavy atom. The van der Waals surface area contributed by atoms with Crippen molar-refractivity contribution >= 4 is 17.7 Å². The van der Waals surface area contributed by atoms with Crippen molar-refractivity contribution < 1.29 is 9.53 Å². The molecule has 4 rings (SSSR count). The molecule has 2 fully saturated rings. The molecule has 0 aromatic heterocycles. The van der Waals surface area contributed by atoms with Crippen LogP contribution in [0.1, 0.15) is 41.6 Å². The monoisotopic (exact) mass is 421 g/mol. The molecule has 6 heteroatoms. The Labute approximate surface area is 182 Å². The summed E-state index contributed by atoms with van der Waals surface area (Å²) in [7, 11) is 0. The zero-order valence-corrected chi connectivity index (χ0v) is 17.9. The molecule has 0 bridgehead atoms. The Hall–Kier alpha value is -2.49. The van der Waals surface area contributed by atoms with Crippen molar-refractivity contribution in [2.24, 2.45) is 0 Å². The van der Waals surface area contributed by atoms with E-state index >= 15 is 0 Å². The second-order valence-electron chi connectivity index (χ2n) is 7.98. The number of hydrogen-bond acceptors (Lipinski definition) is 5. The molecule has 1 amide bonds. The largest absolute Gasteiger partial charge is 0.457 e. The first kappa shape index (κ1) is 20.8. The van der Waals surface area contributed by atoms with E-state index in [1.807, 2.05) is 30.0 Å². The van der Waals surface area contributed by atoms with Gasteiger partial charge in [-0.15, -0.1) is 0 Å². The van der Waals surface area contributed by atoms with E-state index in [-0.39, 0.29) is 11.4 Å². The maximum Gasteiger partial charge on any atom is 0.251 e. The number of rotatable bonds is 6. The molecule has 1 saturated heterocycles. The summed E-state index contributed by atoms with van der Waals surface area (Å²) in [5.41, 5.74) is 1.31. The Bertz CT molecular complexity index is 911. The number of thioether (sulfide) groups is 1. The third kappa shape index (κ3) is 4.80. The molecular formula is C24H27N3O2S. The molecule has 2 aromatic rings. The number of nitriles is 1. The van der Waals surface area contributed by atoms with Gasteiger partial charge in [0.15, 0.2) is 0 Å². The van der Waals surface area contributed by atoms with E-state index in [0.29, 0.717) is 29.2 Å². The van der Waals surface area contributed by atoms with Crippen LogP contribution >= 0.6 is 11.8 Å². The highest BCUT2D eigenvalue weighted by Crippen LogP contribution is 2.36. The van der Waals surface area contributed by atoms with Gasteiger partial charge in [-0.1, -0.05) is 18.9 Å². The van der Waals surface area contributed by atoms with Crippen molar-refractivity contribution in [3.63, 3.8) is 0 Å². The first-order valence-corrected chi connectivity index (χ1v) is 11.7. The lowest BCUT2D eigenvalue weighted by Crippen LogP contribution is -2.56. The van der Waals surface area contributed by atoms with Gasteiger partial charge >= 0.3 is 0 Å². The van der Waals surface area contributed by atoms with E-state index < -0.39 is 0 Å². The van der Waals surface area contributed by atoms with Gasteiger partial charge in [0.2, 0.25) is 0 Å². The van der Waals surface area contributed by atoms with Crippen molar-refractivity contribution in [2.45, 2.75) is 31.2 Å². The van der Waals surface area contributed by atoms with Crippen LogP contribution < -0.4 is 10.1 Å². The number of nitrogens with one attached hydrogen (secondary N) is 1. The maximum atomic E-state index is 12.9. The van der Waals surface area contributed by atoms with E-state index in [1.54, 1.807) is 30.3 Å². The summed E-state index contributed by atoms with van der Waals surface area (Å²) >= 11 is 2.02. The minimum absolute atomic E-state index is 0.0575. The van der Waals surface area contributed by atoms with Gasteiger partial charge in [0.25, 0.3) is 5.91 Å². The van der Waals surface area contributed by atoms with E-state index in [1.165, 1.54) is 37.2 Å². The number of hydrogen-bond donors (Lipinski definition) is 1. The molecule has 0 atom stereocenters. The minimum Gasteiger partial charge on any atom is -0.457 e. The lowest BCUT2D eigenvalue weighted by Gasteiger charge is -2.43. The van der Waals surface area contributed by atoms with Crippen molar-refractivity contribution in [1.29, 1.82) is 5.26 Å². The molecule has 1 heterocycles. The first-order valence-electron chi connectivity index (χ1n) is 10.6. The van der Waals surface area contributed by atoms with Crippen LogP contribution in [-0.2, 0) is 0 Å². The number of benzene rings is 2. The molecule has 0 unspecified atom stereocenters. The predicted octanol–water partition coefficient (Wildman–Crippen LogP) is 4.44. The minimum atomic E-state index is -0.0575. The van der Waals surface area contributed by atoms with E-state index in [4.69, 9.17) is 10.00 Å². The van der Waals surface area contributed by atoms with Crippen LogP contribution in [0.4, 0.5) is 0 Å². The molecular weight excluding hydrogens is 394 g/mol. The molecule has 5 nitrogen and oxygen atoms in total. The molecule has 1 N–H and O–H groups in total. The molecule has 2 aromatic carbocycles. The molecule has 156 valence electrons. The molecule has 1 saturated carbocycles. The normalized spacial score (nSPS) is 18.5. The van der Waals surface area contributed by atoms with Crippen molar-refractivity contribution in [1.82, 2.24) is 10.2 Å². The molecule has 0 radical (unpaired) electrons. The zero-order chi connectivity index (χ0) is 20.8. The summed E-state index contributed by atoms with van der Waals surface area (Å²) < 4.78 is 5.86. The Morgan fingerprint density at radius 2 is 1.83 bits per heavy atom. The van der Waals surface area contributed by atoms with Crippen molar-refractivity contribution in [3.8, 4) is 17.6 Å². The fourth-order valence-electron chi connectivity index (χ4n) is 4.46. The van der Waals surface area contributed by atoms with Gasteiger partial charge in [-0.25, -0.2) is 0 Å². The van der Waals surface area contributed by atoms with Crippen LogP contribution in [0.15, 0.2) is 48.5 Å². The highest BCUT2D eigenvalue weighted by molar-refractivity contribution is 7.99. The number of carbonyl (C=O) groups excluding carboxylic acids is 1. The lowest BCUT2D eigenvalue weighted by atomic mass is 9.94. The average Bonchev–Trinajstić information content (AvgIpc) is 3.29. The highest BCUT2D eigenvalue weighted by atomic mass is 32.2. The van der Waals surface area contributed by atoms with Gasteiger partial charge in [-0.05, 0) is 55.3 Å². The second-order valence-corrected chi connectivity index (χ2v) is 9.20. The van der Waals surface area contributed by atoms with Gasteiger partial charge in [0, 0.05) is 42.2 Å². The SMILES string of the molecule is N#Cc1ccc(Oc2cccc(C(=O)NCC3(N4CCSCC4)CCCC3)c2)cc1. The Morgan fingerprint density at radius 3 is 2.53 bits per heavy atom. The summed E-state index contributed by atoms with van der Waals surface area (Å²) in [4.78, 5) is 15.5. The fourth-order valence-corrected chi connectivity index (χ4v) is 5.36. The molecule has 0 spiro atoms. The van der Waals surface area contributed by atoms with Crippen LogP contribution in [0, 0.1) is 11.3 Å². The summed E-state index contributed by atoms with van der Waals surface area (Å²) in [5.74, 6) is 3.56. The van der Waals surface area contributed by atoms with Gasteiger partial charge in [0.1, 0.15) is 11.5 Å². The molecule has 2 aliphatic rings. The van der Waals surface area contributed by atoms with Crippen LogP contribution in [0.5, 0.6) is 11.5 Å². The molecule has 30 heavy (non-hydrogen) atoms. The van der Waals surface area contributed by atoms with E-state index in [9.17, 15) is 4.79 Å². The molecule has 1 aliphatic heterocycles. The fraction of sp³-hybridized carbons (Fsp3) is 0.417. The standard InChI is InChI=1S/C24H27N3O2S/c25-17-19-6-8-21(9-7-19)29-22-5-3-4-20(16-22)23(28)26-18-24(10-1-2-11-24)27-12-14-30-15-13-27/h3-9,16H,1-2,10-15,18H2,(H,26,28). The molecule has 1 aliphatic carbocycles. The van der Waals surface area contributed by atoms with Gasteiger partial charge < -0.3 is 10.1 Å². The average molecular weight is 422 g/mol. The van der Waals surface area contributed by atoms with Crippen molar-refractivity contribution in [3.05, 3.63) is 59.7 Å². The zero-order valence-electron chi connectivity index (χ0n) is 17.1. The lowest BCUT2D eigenvalue weighted by molar-refractivity contribution is 0.0817.